The topological polar surface area (TPSA) is 66.0 Å². The van der Waals surface area contributed by atoms with Gasteiger partial charge in [-0.3, -0.25) is 4.79 Å². The molecule has 2 aromatic carbocycles. The highest BCUT2D eigenvalue weighted by molar-refractivity contribution is 5.92. The van der Waals surface area contributed by atoms with Crippen LogP contribution in [0, 0.1) is 0 Å². The number of carbonyl (C=O) groups is 1. The van der Waals surface area contributed by atoms with Crippen molar-refractivity contribution in [1.29, 1.82) is 0 Å². The Bertz CT molecular complexity index is 784. The van der Waals surface area contributed by atoms with E-state index in [2.05, 4.69) is 5.32 Å². The maximum atomic E-state index is 12.1. The zero-order valence-corrected chi connectivity index (χ0v) is 16.1. The number of hydrogen-bond donors (Lipinski definition) is 1. The first-order chi connectivity index (χ1) is 13.1. The van der Waals surface area contributed by atoms with Crippen molar-refractivity contribution in [2.75, 3.05) is 27.9 Å². The molecular formula is C21H25NO5. The lowest BCUT2D eigenvalue weighted by molar-refractivity contribution is -0.116. The zero-order valence-electron chi connectivity index (χ0n) is 16.1. The molecule has 2 aromatic rings. The van der Waals surface area contributed by atoms with Crippen LogP contribution >= 0.6 is 0 Å². The molecule has 6 nitrogen and oxygen atoms in total. The van der Waals surface area contributed by atoms with Crippen molar-refractivity contribution in [1.82, 2.24) is 5.32 Å². The third-order valence-corrected chi connectivity index (χ3v) is 3.85. The fourth-order valence-electron chi connectivity index (χ4n) is 2.54. The Balaban J connectivity index is 2.02. The maximum absolute atomic E-state index is 12.1. The molecule has 2 rings (SSSR count). The molecule has 6 heteroatoms. The molecule has 0 atom stereocenters. The van der Waals surface area contributed by atoms with Crippen molar-refractivity contribution in [2.45, 2.75) is 13.5 Å². The summed E-state index contributed by atoms with van der Waals surface area (Å²) in [6, 6.07) is 11.2. The summed E-state index contributed by atoms with van der Waals surface area (Å²) in [6.45, 7) is 2.99. The second-order valence-electron chi connectivity index (χ2n) is 5.55. The van der Waals surface area contributed by atoms with Crippen LogP contribution in [0.1, 0.15) is 18.1 Å². The standard InChI is InChI=1S/C21H25NO5/c1-5-27-17-10-6-15(7-11-17)14-22-19(23)13-9-16-8-12-18(24-2)21(26-4)20(16)25-3/h6-13H,5,14H2,1-4H3,(H,22,23)/b13-9+. The van der Waals surface area contributed by atoms with E-state index in [1.165, 1.54) is 13.2 Å². The van der Waals surface area contributed by atoms with E-state index in [1.807, 2.05) is 31.2 Å². The molecule has 0 bridgehead atoms. The number of hydrogen-bond acceptors (Lipinski definition) is 5. The number of methoxy groups -OCH3 is 3. The van der Waals surface area contributed by atoms with E-state index in [9.17, 15) is 4.79 Å². The second-order valence-corrected chi connectivity index (χ2v) is 5.55. The molecule has 0 unspecified atom stereocenters. The van der Waals surface area contributed by atoms with Gasteiger partial charge in [-0.2, -0.15) is 0 Å². The first-order valence-electron chi connectivity index (χ1n) is 8.59. The Hall–Kier alpha value is -3.15. The molecule has 0 heterocycles. The predicted molar refractivity (Wildman–Crippen MR) is 105 cm³/mol. The minimum absolute atomic E-state index is 0.208. The van der Waals surface area contributed by atoms with E-state index in [4.69, 9.17) is 18.9 Å². The highest BCUT2D eigenvalue weighted by Crippen LogP contribution is 2.40. The Kier molecular flexibility index (Phi) is 7.55. The first kappa shape index (κ1) is 20.2. The highest BCUT2D eigenvalue weighted by atomic mass is 16.5. The van der Waals surface area contributed by atoms with Gasteiger partial charge in [0.2, 0.25) is 11.7 Å². The van der Waals surface area contributed by atoms with Gasteiger partial charge in [-0.25, -0.2) is 0 Å². The summed E-state index contributed by atoms with van der Waals surface area (Å²) in [5.74, 6) is 2.16. The van der Waals surface area contributed by atoms with Crippen molar-refractivity contribution >= 4 is 12.0 Å². The Morgan fingerprint density at radius 1 is 0.963 bits per heavy atom. The average molecular weight is 371 g/mol. The number of ether oxygens (including phenoxy) is 4. The van der Waals surface area contributed by atoms with Crippen molar-refractivity contribution in [3.8, 4) is 23.0 Å². The van der Waals surface area contributed by atoms with Crippen LogP contribution in [0.5, 0.6) is 23.0 Å². The van der Waals surface area contributed by atoms with Gasteiger partial charge in [0.1, 0.15) is 5.75 Å². The van der Waals surface area contributed by atoms with Gasteiger partial charge in [-0.05, 0) is 42.8 Å². The van der Waals surface area contributed by atoms with Crippen LogP contribution in [0.3, 0.4) is 0 Å². The molecule has 0 saturated heterocycles. The van der Waals surface area contributed by atoms with Crippen LogP contribution in [0.25, 0.3) is 6.08 Å². The van der Waals surface area contributed by atoms with Gasteiger partial charge < -0.3 is 24.3 Å². The smallest absolute Gasteiger partial charge is 0.244 e. The van der Waals surface area contributed by atoms with E-state index in [0.29, 0.717) is 36.0 Å². The van der Waals surface area contributed by atoms with Crippen LogP contribution < -0.4 is 24.3 Å². The Labute approximate surface area is 159 Å². The lowest BCUT2D eigenvalue weighted by Crippen LogP contribution is -2.20. The predicted octanol–water partition coefficient (Wildman–Crippen LogP) is 3.44. The van der Waals surface area contributed by atoms with E-state index < -0.39 is 0 Å². The molecule has 0 saturated carbocycles. The normalized spacial score (nSPS) is 10.5. The quantitative estimate of drug-likeness (QED) is 0.684. The summed E-state index contributed by atoms with van der Waals surface area (Å²) >= 11 is 0. The number of nitrogens with one attached hydrogen (secondary N) is 1. The molecule has 1 amide bonds. The molecule has 0 spiro atoms. The highest BCUT2D eigenvalue weighted by Gasteiger charge is 2.14. The van der Waals surface area contributed by atoms with Gasteiger partial charge >= 0.3 is 0 Å². The second kappa shape index (κ2) is 10.1. The first-order valence-corrected chi connectivity index (χ1v) is 8.59. The minimum Gasteiger partial charge on any atom is -0.494 e. The molecule has 1 N–H and O–H groups in total. The number of carbonyl (C=O) groups excluding carboxylic acids is 1. The summed E-state index contributed by atoms with van der Waals surface area (Å²) in [6.07, 6.45) is 3.13. The maximum Gasteiger partial charge on any atom is 0.244 e. The number of amides is 1. The number of benzene rings is 2. The summed E-state index contributed by atoms with van der Waals surface area (Å²) in [5.41, 5.74) is 1.70. The third-order valence-electron chi connectivity index (χ3n) is 3.85. The molecule has 144 valence electrons. The Morgan fingerprint density at radius 2 is 1.67 bits per heavy atom. The largest absolute Gasteiger partial charge is 0.494 e. The molecule has 0 fully saturated rings. The van der Waals surface area contributed by atoms with E-state index >= 15 is 0 Å². The molecule has 0 aliphatic heterocycles. The van der Waals surface area contributed by atoms with Crippen LogP contribution in [-0.2, 0) is 11.3 Å². The van der Waals surface area contributed by atoms with Crippen LogP contribution in [-0.4, -0.2) is 33.8 Å². The molecular weight excluding hydrogens is 346 g/mol. The van der Waals surface area contributed by atoms with Gasteiger partial charge in [0.25, 0.3) is 0 Å². The molecule has 0 radical (unpaired) electrons. The van der Waals surface area contributed by atoms with E-state index in [-0.39, 0.29) is 5.91 Å². The summed E-state index contributed by atoms with van der Waals surface area (Å²) in [7, 11) is 4.64. The van der Waals surface area contributed by atoms with Gasteiger partial charge in [0, 0.05) is 18.2 Å². The molecule has 27 heavy (non-hydrogen) atoms. The Morgan fingerprint density at radius 3 is 2.26 bits per heavy atom. The van der Waals surface area contributed by atoms with Crippen molar-refractivity contribution in [3.05, 3.63) is 53.6 Å². The third kappa shape index (κ3) is 5.41. The monoisotopic (exact) mass is 371 g/mol. The average Bonchev–Trinajstić information content (AvgIpc) is 2.70. The lowest BCUT2D eigenvalue weighted by Gasteiger charge is -2.14. The van der Waals surface area contributed by atoms with Gasteiger partial charge in [0.05, 0.1) is 27.9 Å². The SMILES string of the molecule is CCOc1ccc(CNC(=O)/C=C/c2ccc(OC)c(OC)c2OC)cc1. The van der Waals surface area contributed by atoms with E-state index in [0.717, 1.165) is 11.3 Å². The van der Waals surface area contributed by atoms with Crippen LogP contribution in [0.4, 0.5) is 0 Å². The summed E-state index contributed by atoms with van der Waals surface area (Å²) in [5, 5.41) is 2.85. The fraction of sp³-hybridized carbons (Fsp3) is 0.286. The number of rotatable bonds is 9. The van der Waals surface area contributed by atoms with Crippen molar-refractivity contribution in [3.63, 3.8) is 0 Å². The van der Waals surface area contributed by atoms with Crippen molar-refractivity contribution < 1.29 is 23.7 Å². The zero-order chi connectivity index (χ0) is 19.6. The summed E-state index contributed by atoms with van der Waals surface area (Å²) in [4.78, 5) is 12.1. The lowest BCUT2D eigenvalue weighted by atomic mass is 10.1. The van der Waals surface area contributed by atoms with E-state index in [1.54, 1.807) is 32.4 Å². The van der Waals surface area contributed by atoms with Crippen molar-refractivity contribution in [2.24, 2.45) is 0 Å². The molecule has 0 aliphatic carbocycles. The van der Waals surface area contributed by atoms with Gasteiger partial charge in [-0.15, -0.1) is 0 Å². The van der Waals surface area contributed by atoms with Crippen LogP contribution in [0.2, 0.25) is 0 Å². The van der Waals surface area contributed by atoms with Gasteiger partial charge in [-0.1, -0.05) is 12.1 Å². The minimum atomic E-state index is -0.208. The molecule has 0 aliphatic rings. The summed E-state index contributed by atoms with van der Waals surface area (Å²) < 4.78 is 21.4. The van der Waals surface area contributed by atoms with Crippen LogP contribution in [0.15, 0.2) is 42.5 Å². The molecule has 0 aromatic heterocycles. The van der Waals surface area contributed by atoms with Gasteiger partial charge in [0.15, 0.2) is 11.5 Å². The fourth-order valence-corrected chi connectivity index (χ4v) is 2.54.